The Hall–Kier alpha value is -4.50. The summed E-state index contributed by atoms with van der Waals surface area (Å²) in [4.78, 5) is 26.6. The zero-order valence-corrected chi connectivity index (χ0v) is 20.8. The summed E-state index contributed by atoms with van der Waals surface area (Å²) in [5.41, 5.74) is 0.893. The average molecular weight is 498 g/mol. The third kappa shape index (κ3) is 4.23. The van der Waals surface area contributed by atoms with Gasteiger partial charge >= 0.3 is 0 Å². The highest BCUT2D eigenvalue weighted by Crippen LogP contribution is 2.38. The first kappa shape index (κ1) is 24.2. The van der Waals surface area contributed by atoms with Crippen molar-refractivity contribution in [2.45, 2.75) is 32.4 Å². The lowest BCUT2D eigenvalue weighted by Crippen LogP contribution is -2.32. The quantitative estimate of drug-likeness (QED) is 0.323. The number of rotatable bonds is 8. The maximum atomic E-state index is 13.2. The summed E-state index contributed by atoms with van der Waals surface area (Å²) in [5.74, 6) is 0.784. The van der Waals surface area contributed by atoms with Gasteiger partial charge in [-0.25, -0.2) is 9.97 Å². The number of benzene rings is 2. The maximum absolute atomic E-state index is 13.2. The molecule has 1 amide bonds. The van der Waals surface area contributed by atoms with Gasteiger partial charge in [0.15, 0.2) is 23.0 Å². The third-order valence-electron chi connectivity index (χ3n) is 6.26. The molecule has 0 saturated carbocycles. The van der Waals surface area contributed by atoms with Crippen molar-refractivity contribution in [2.75, 3.05) is 12.4 Å². The first-order valence-corrected chi connectivity index (χ1v) is 12.0. The second-order valence-corrected chi connectivity index (χ2v) is 8.44. The van der Waals surface area contributed by atoms with Crippen molar-refractivity contribution < 1.29 is 19.1 Å². The lowest BCUT2D eigenvalue weighted by atomic mass is 9.85. The molecule has 3 heterocycles. The minimum Gasteiger partial charge on any atom is -0.480 e. The SMILES string of the molecule is CCc1ncc(NC(=O)c2cc3c(nc2OC)nc(C(O)(c2ccccc2)c2ccccc2)n3CC)o1. The third-order valence-corrected chi connectivity index (χ3v) is 6.26. The fourth-order valence-corrected chi connectivity index (χ4v) is 4.44. The molecule has 0 radical (unpaired) electrons. The minimum absolute atomic E-state index is 0.107. The van der Waals surface area contributed by atoms with Gasteiger partial charge in [0.05, 0.1) is 18.8 Å². The van der Waals surface area contributed by atoms with E-state index in [4.69, 9.17) is 14.1 Å². The Morgan fingerprint density at radius 1 is 1.05 bits per heavy atom. The van der Waals surface area contributed by atoms with Crippen LogP contribution in [0.2, 0.25) is 0 Å². The summed E-state index contributed by atoms with van der Waals surface area (Å²) in [6.07, 6.45) is 2.07. The van der Waals surface area contributed by atoms with Crippen molar-refractivity contribution in [2.24, 2.45) is 0 Å². The molecule has 0 saturated heterocycles. The largest absolute Gasteiger partial charge is 0.480 e. The van der Waals surface area contributed by atoms with Crippen molar-refractivity contribution >= 4 is 23.0 Å². The number of nitrogens with zero attached hydrogens (tertiary/aromatic N) is 4. The summed E-state index contributed by atoms with van der Waals surface area (Å²) in [7, 11) is 1.44. The van der Waals surface area contributed by atoms with Crippen molar-refractivity contribution in [3.05, 3.63) is 101 Å². The number of aromatic nitrogens is 4. The standard InChI is InChI=1S/C28H27N5O4/c1-4-22-29-17-23(37-22)30-25(34)20-16-21-24(31-26(20)36-3)32-27(33(21)5-2)28(35,18-12-8-6-9-13-18)19-14-10-7-11-15-19/h6-17,35H,4-5H2,1-3H3,(H,30,34). The van der Waals surface area contributed by atoms with Crippen LogP contribution >= 0.6 is 0 Å². The van der Waals surface area contributed by atoms with Crippen LogP contribution in [0.15, 0.2) is 77.3 Å². The van der Waals surface area contributed by atoms with E-state index in [2.05, 4.69) is 15.3 Å². The van der Waals surface area contributed by atoms with Gasteiger partial charge in [-0.15, -0.1) is 0 Å². The highest BCUT2D eigenvalue weighted by Gasteiger charge is 2.39. The summed E-state index contributed by atoms with van der Waals surface area (Å²) in [5, 5.41) is 15.0. The molecule has 0 fully saturated rings. The number of imidazole rings is 1. The average Bonchev–Trinajstić information content (AvgIpc) is 3.56. The van der Waals surface area contributed by atoms with E-state index in [1.807, 2.05) is 79.1 Å². The van der Waals surface area contributed by atoms with Gasteiger partial charge in [-0.2, -0.15) is 4.98 Å². The minimum atomic E-state index is -1.56. The summed E-state index contributed by atoms with van der Waals surface area (Å²) in [6.45, 7) is 4.34. The molecule has 0 unspecified atom stereocenters. The number of hydrogen-bond acceptors (Lipinski definition) is 7. The predicted molar refractivity (Wildman–Crippen MR) is 139 cm³/mol. The number of hydrogen-bond donors (Lipinski definition) is 2. The Labute approximate surface area is 213 Å². The molecule has 5 rings (SSSR count). The van der Waals surface area contributed by atoms with Gasteiger partial charge < -0.3 is 18.8 Å². The van der Waals surface area contributed by atoms with Crippen LogP contribution in [0, 0.1) is 0 Å². The Kier molecular flexibility index (Phi) is 6.45. The number of carbonyl (C=O) groups excluding carboxylic acids is 1. The smallest absolute Gasteiger partial charge is 0.263 e. The molecule has 0 aliphatic carbocycles. The summed E-state index contributed by atoms with van der Waals surface area (Å²) < 4.78 is 12.8. The lowest BCUT2D eigenvalue weighted by molar-refractivity contribution is 0.102. The zero-order chi connectivity index (χ0) is 26.0. The fraction of sp³-hybridized carbons (Fsp3) is 0.214. The van der Waals surface area contributed by atoms with Gasteiger partial charge in [0, 0.05) is 13.0 Å². The molecule has 0 atom stereocenters. The van der Waals surface area contributed by atoms with Gasteiger partial charge in [-0.1, -0.05) is 67.6 Å². The molecule has 2 N–H and O–H groups in total. The van der Waals surface area contributed by atoms with Crippen molar-refractivity contribution in [1.82, 2.24) is 19.5 Å². The number of methoxy groups -OCH3 is 1. The van der Waals surface area contributed by atoms with E-state index in [-0.39, 0.29) is 17.3 Å². The number of anilines is 1. The van der Waals surface area contributed by atoms with E-state index in [0.717, 1.165) is 0 Å². The summed E-state index contributed by atoms with van der Waals surface area (Å²) >= 11 is 0. The van der Waals surface area contributed by atoms with Crippen LogP contribution in [0.3, 0.4) is 0 Å². The monoisotopic (exact) mass is 497 g/mol. The van der Waals surface area contributed by atoms with Crippen LogP contribution in [0.5, 0.6) is 5.88 Å². The first-order chi connectivity index (χ1) is 18.0. The molecule has 0 spiro atoms. The van der Waals surface area contributed by atoms with Crippen LogP contribution in [-0.4, -0.2) is 37.6 Å². The molecule has 9 nitrogen and oxygen atoms in total. The number of nitrogens with one attached hydrogen (secondary N) is 1. The van der Waals surface area contributed by atoms with Crippen LogP contribution in [0.25, 0.3) is 11.2 Å². The van der Waals surface area contributed by atoms with Crippen molar-refractivity contribution in [3.63, 3.8) is 0 Å². The van der Waals surface area contributed by atoms with E-state index < -0.39 is 11.5 Å². The van der Waals surface area contributed by atoms with E-state index in [9.17, 15) is 9.90 Å². The number of aryl methyl sites for hydroxylation is 2. The van der Waals surface area contributed by atoms with Gasteiger partial charge in [0.1, 0.15) is 5.56 Å². The first-order valence-electron chi connectivity index (χ1n) is 12.0. The van der Waals surface area contributed by atoms with Crippen LogP contribution in [-0.2, 0) is 18.6 Å². The maximum Gasteiger partial charge on any atom is 0.263 e. The Bertz CT molecular complexity index is 1500. The predicted octanol–water partition coefficient (Wildman–Crippen LogP) is 4.55. The molecule has 37 heavy (non-hydrogen) atoms. The zero-order valence-electron chi connectivity index (χ0n) is 20.8. The highest BCUT2D eigenvalue weighted by molar-refractivity contribution is 6.06. The van der Waals surface area contributed by atoms with Crippen molar-refractivity contribution in [3.8, 4) is 5.88 Å². The van der Waals surface area contributed by atoms with E-state index in [1.54, 1.807) is 6.07 Å². The molecule has 2 aromatic carbocycles. The molecule has 0 aliphatic rings. The number of oxazole rings is 1. The Morgan fingerprint density at radius 3 is 2.24 bits per heavy atom. The van der Waals surface area contributed by atoms with Gasteiger partial charge in [0.2, 0.25) is 11.8 Å². The number of ether oxygens (including phenoxy) is 1. The molecule has 5 aromatic rings. The molecule has 0 bridgehead atoms. The molecular formula is C28H27N5O4. The van der Waals surface area contributed by atoms with Crippen LogP contribution < -0.4 is 10.1 Å². The van der Waals surface area contributed by atoms with E-state index >= 15 is 0 Å². The van der Waals surface area contributed by atoms with E-state index in [1.165, 1.54) is 13.3 Å². The van der Waals surface area contributed by atoms with Gasteiger partial charge in [-0.05, 0) is 24.1 Å². The second-order valence-electron chi connectivity index (χ2n) is 8.44. The van der Waals surface area contributed by atoms with Crippen LogP contribution in [0.1, 0.15) is 47.0 Å². The molecule has 9 heteroatoms. The molecule has 3 aromatic heterocycles. The number of aliphatic hydroxyl groups is 1. The molecule has 188 valence electrons. The number of fused-ring (bicyclic) bond motifs is 1. The Morgan fingerprint density at radius 2 is 1.70 bits per heavy atom. The van der Waals surface area contributed by atoms with Crippen molar-refractivity contribution in [1.29, 1.82) is 0 Å². The fourth-order valence-electron chi connectivity index (χ4n) is 4.44. The second kappa shape index (κ2) is 9.87. The summed E-state index contributed by atoms with van der Waals surface area (Å²) in [6, 6.07) is 20.4. The highest BCUT2D eigenvalue weighted by atomic mass is 16.5. The number of amides is 1. The van der Waals surface area contributed by atoms with Crippen LogP contribution in [0.4, 0.5) is 5.88 Å². The molecule has 0 aliphatic heterocycles. The normalized spacial score (nSPS) is 11.6. The number of carbonyl (C=O) groups is 1. The lowest BCUT2D eigenvalue weighted by Gasteiger charge is -2.29. The van der Waals surface area contributed by atoms with Gasteiger partial charge in [0.25, 0.3) is 5.91 Å². The van der Waals surface area contributed by atoms with Gasteiger partial charge in [-0.3, -0.25) is 10.1 Å². The number of pyridine rings is 1. The Balaban J connectivity index is 1.68. The molecular weight excluding hydrogens is 470 g/mol. The topological polar surface area (TPSA) is 115 Å². The van der Waals surface area contributed by atoms with E-state index in [0.29, 0.717) is 47.0 Å².